The zero-order valence-electron chi connectivity index (χ0n) is 20.8. The average Bonchev–Trinajstić information content (AvgIpc) is 3.32. The fourth-order valence-electron chi connectivity index (χ4n) is 4.71. The molecule has 38 heavy (non-hydrogen) atoms. The second-order valence-electron chi connectivity index (χ2n) is 9.25. The molecule has 0 saturated heterocycles. The van der Waals surface area contributed by atoms with Crippen molar-refractivity contribution in [1.29, 1.82) is 0 Å². The highest BCUT2D eigenvalue weighted by atomic mass is 32.2. The first-order valence-electron chi connectivity index (χ1n) is 12.4. The Morgan fingerprint density at radius 1 is 0.974 bits per heavy atom. The molecule has 0 fully saturated rings. The molecule has 3 heterocycles. The molecule has 3 aromatic carbocycles. The van der Waals surface area contributed by atoms with Crippen LogP contribution in [-0.4, -0.2) is 21.6 Å². The predicted octanol–water partition coefficient (Wildman–Crippen LogP) is 7.43. The quantitative estimate of drug-likeness (QED) is 0.168. The third kappa shape index (κ3) is 5.16. The number of hydrogen-bond acceptors (Lipinski definition) is 7. The van der Waals surface area contributed by atoms with Crippen molar-refractivity contribution in [1.82, 2.24) is 9.97 Å². The Labute approximate surface area is 234 Å². The van der Waals surface area contributed by atoms with E-state index in [0.717, 1.165) is 27.9 Å². The van der Waals surface area contributed by atoms with E-state index in [-0.39, 0.29) is 16.9 Å². The van der Waals surface area contributed by atoms with E-state index in [1.807, 2.05) is 43.0 Å². The summed E-state index contributed by atoms with van der Waals surface area (Å²) in [5.41, 5.74) is 12.3. The molecule has 1 aliphatic heterocycles. The number of thiophene rings is 1. The van der Waals surface area contributed by atoms with Gasteiger partial charge in [0.25, 0.3) is 0 Å². The van der Waals surface area contributed by atoms with Gasteiger partial charge in [-0.05, 0) is 42.2 Å². The van der Waals surface area contributed by atoms with Gasteiger partial charge in [0.1, 0.15) is 10.6 Å². The van der Waals surface area contributed by atoms with E-state index < -0.39 is 0 Å². The Morgan fingerprint density at radius 3 is 2.37 bits per heavy atom. The van der Waals surface area contributed by atoms with Gasteiger partial charge in [-0.25, -0.2) is 9.97 Å². The number of benzene rings is 3. The van der Waals surface area contributed by atoms with Gasteiger partial charge in [0.2, 0.25) is 5.91 Å². The molecule has 8 heteroatoms. The van der Waals surface area contributed by atoms with Crippen LogP contribution >= 0.6 is 34.9 Å². The van der Waals surface area contributed by atoms with Crippen LogP contribution in [-0.2, 0) is 11.2 Å². The summed E-state index contributed by atoms with van der Waals surface area (Å²) >= 11 is 4.99. The van der Waals surface area contributed by atoms with Gasteiger partial charge in [0.15, 0.2) is 5.16 Å². The number of amides is 1. The van der Waals surface area contributed by atoms with Crippen molar-refractivity contribution in [2.75, 3.05) is 16.8 Å². The number of hydrogen-bond donors (Lipinski definition) is 2. The summed E-state index contributed by atoms with van der Waals surface area (Å²) in [6.45, 7) is 2.02. The predicted molar refractivity (Wildman–Crippen MR) is 161 cm³/mol. The van der Waals surface area contributed by atoms with Crippen LogP contribution in [0.15, 0.2) is 90.1 Å². The smallest absolute Gasteiger partial charge is 0.234 e. The molecule has 0 unspecified atom stereocenters. The van der Waals surface area contributed by atoms with E-state index in [1.165, 1.54) is 33.3 Å². The Bertz CT molecular complexity index is 1590. The number of carbonyl (C=O) groups is 1. The number of nitrogens with two attached hydrogens (primary N) is 1. The molecule has 5 aromatic rings. The van der Waals surface area contributed by atoms with Crippen LogP contribution in [0.25, 0.3) is 10.2 Å². The lowest BCUT2D eigenvalue weighted by Gasteiger charge is -2.30. The van der Waals surface area contributed by atoms with Crippen LogP contribution in [0.2, 0.25) is 0 Å². The number of nitrogens with one attached hydrogen (secondary N) is 1. The number of nitrogen functional groups attached to an aromatic ring is 1. The minimum atomic E-state index is -0.0992. The zero-order chi connectivity index (χ0) is 26.1. The van der Waals surface area contributed by atoms with Gasteiger partial charge >= 0.3 is 0 Å². The largest absolute Gasteiger partial charge is 0.383 e. The summed E-state index contributed by atoms with van der Waals surface area (Å²) in [4.78, 5) is 24.2. The maximum atomic E-state index is 12.5. The Hall–Kier alpha value is -3.33. The van der Waals surface area contributed by atoms with E-state index in [1.54, 1.807) is 11.3 Å². The minimum absolute atomic E-state index is 0.0992. The summed E-state index contributed by atoms with van der Waals surface area (Å²) in [5.74, 6) is 0.597. The van der Waals surface area contributed by atoms with Gasteiger partial charge in [-0.2, -0.15) is 0 Å². The van der Waals surface area contributed by atoms with Gasteiger partial charge < -0.3 is 11.1 Å². The Morgan fingerprint density at radius 2 is 1.66 bits per heavy atom. The molecule has 0 bridgehead atoms. The molecule has 1 amide bonds. The second kappa shape index (κ2) is 10.8. The lowest BCUT2D eigenvalue weighted by molar-refractivity contribution is -0.113. The maximum absolute atomic E-state index is 12.5. The molecule has 6 rings (SSSR count). The summed E-state index contributed by atoms with van der Waals surface area (Å²) in [6, 6.07) is 29.1. The molecular weight excluding hydrogens is 529 g/mol. The summed E-state index contributed by atoms with van der Waals surface area (Å²) in [7, 11) is 0. The van der Waals surface area contributed by atoms with Crippen molar-refractivity contribution in [2.24, 2.45) is 0 Å². The third-order valence-corrected chi connectivity index (χ3v) is 10.3. The SMILES string of the molecule is Cc1ccc(NC(=O)CSc2nc(N)c3c4c(sc3n2)[C@@H](c2ccccc2)S[C@H](c2ccccc2)C4)cc1. The van der Waals surface area contributed by atoms with E-state index in [9.17, 15) is 4.79 Å². The van der Waals surface area contributed by atoms with Crippen molar-refractivity contribution in [3.8, 4) is 0 Å². The molecule has 3 N–H and O–H groups in total. The fourth-order valence-corrected chi connectivity index (χ4v) is 8.43. The number of rotatable bonds is 6. The van der Waals surface area contributed by atoms with E-state index >= 15 is 0 Å². The van der Waals surface area contributed by atoms with Crippen molar-refractivity contribution in [3.05, 3.63) is 112 Å². The van der Waals surface area contributed by atoms with Crippen LogP contribution in [0.4, 0.5) is 11.5 Å². The molecule has 0 radical (unpaired) electrons. The van der Waals surface area contributed by atoms with Gasteiger partial charge in [-0.15, -0.1) is 23.1 Å². The topological polar surface area (TPSA) is 80.9 Å². The van der Waals surface area contributed by atoms with Gasteiger partial charge in [0, 0.05) is 15.8 Å². The highest BCUT2D eigenvalue weighted by Gasteiger charge is 2.34. The van der Waals surface area contributed by atoms with Crippen molar-refractivity contribution in [2.45, 2.75) is 29.0 Å². The number of aromatic nitrogens is 2. The summed E-state index contributed by atoms with van der Waals surface area (Å²) < 4.78 is 0. The number of thioether (sulfide) groups is 2. The minimum Gasteiger partial charge on any atom is -0.383 e. The standard InChI is InChI=1S/C30H26N4OS3/c1-18-12-14-21(15-13-18)32-24(35)17-36-30-33-28(31)25-22-16-23(19-8-4-2-5-9-19)37-26(20-10-6-3-7-11-20)27(22)38-29(25)34-30/h2-15,23,26H,16-17H2,1H3,(H,32,35)(H2,31,33,34)/t23-,26+/m0/s1. The van der Waals surface area contributed by atoms with Crippen LogP contribution in [0, 0.1) is 6.92 Å². The molecule has 2 atom stereocenters. The average molecular weight is 555 g/mol. The van der Waals surface area contributed by atoms with Gasteiger partial charge in [-0.1, -0.05) is 90.1 Å². The molecule has 190 valence electrons. The Balaban J connectivity index is 1.30. The first-order chi connectivity index (χ1) is 18.5. The molecule has 2 aromatic heterocycles. The zero-order valence-corrected chi connectivity index (χ0v) is 23.2. The fraction of sp³-hybridized carbons (Fsp3) is 0.167. The highest BCUT2D eigenvalue weighted by Crippen LogP contribution is 2.55. The van der Waals surface area contributed by atoms with E-state index in [4.69, 9.17) is 10.7 Å². The molecule has 0 aliphatic carbocycles. The van der Waals surface area contributed by atoms with Crippen molar-refractivity contribution >= 4 is 62.5 Å². The molecule has 0 spiro atoms. The highest BCUT2D eigenvalue weighted by molar-refractivity contribution is 8.00. The van der Waals surface area contributed by atoms with E-state index in [0.29, 0.717) is 16.2 Å². The molecule has 0 saturated carbocycles. The Kier molecular flexibility index (Phi) is 7.10. The first kappa shape index (κ1) is 25.0. The van der Waals surface area contributed by atoms with Gasteiger partial charge in [-0.3, -0.25) is 4.79 Å². The second-order valence-corrected chi connectivity index (χ2v) is 12.5. The maximum Gasteiger partial charge on any atom is 0.234 e. The van der Waals surface area contributed by atoms with Crippen LogP contribution in [0.5, 0.6) is 0 Å². The summed E-state index contributed by atoms with van der Waals surface area (Å²) in [6.07, 6.45) is 0.881. The molecular formula is C30H26N4OS3. The van der Waals surface area contributed by atoms with E-state index in [2.05, 4.69) is 71.0 Å². The summed E-state index contributed by atoms with van der Waals surface area (Å²) in [5, 5.41) is 4.92. The number of fused-ring (bicyclic) bond motifs is 3. The monoisotopic (exact) mass is 554 g/mol. The third-order valence-electron chi connectivity index (χ3n) is 6.56. The number of aryl methyl sites for hydroxylation is 1. The normalized spacial score (nSPS) is 16.8. The lowest BCUT2D eigenvalue weighted by atomic mass is 9.98. The van der Waals surface area contributed by atoms with Crippen LogP contribution in [0.1, 0.15) is 37.6 Å². The lowest BCUT2D eigenvalue weighted by Crippen LogP contribution is -2.14. The number of nitrogens with zero attached hydrogens (tertiary/aromatic N) is 2. The van der Waals surface area contributed by atoms with Crippen LogP contribution < -0.4 is 11.1 Å². The molecule has 1 aliphatic rings. The van der Waals surface area contributed by atoms with Crippen molar-refractivity contribution in [3.63, 3.8) is 0 Å². The van der Waals surface area contributed by atoms with Crippen molar-refractivity contribution < 1.29 is 4.79 Å². The number of carbonyl (C=O) groups excluding carboxylic acids is 1. The molecule has 5 nitrogen and oxygen atoms in total. The number of anilines is 2. The van der Waals surface area contributed by atoms with Gasteiger partial charge in [0.05, 0.1) is 16.4 Å². The van der Waals surface area contributed by atoms with Crippen LogP contribution in [0.3, 0.4) is 0 Å². The first-order valence-corrected chi connectivity index (χ1v) is 15.1.